The second-order valence-electron chi connectivity index (χ2n) is 4.71. The Bertz CT molecular complexity index is 465. The summed E-state index contributed by atoms with van der Waals surface area (Å²) in [4.78, 5) is 22.1. The third-order valence-corrected chi connectivity index (χ3v) is 2.93. The van der Waals surface area contributed by atoms with Crippen molar-refractivity contribution in [1.82, 2.24) is 10.6 Å². The fourth-order valence-corrected chi connectivity index (χ4v) is 2.02. The first-order valence-electron chi connectivity index (χ1n) is 6.54. The molecule has 0 aromatic heterocycles. The highest BCUT2D eigenvalue weighted by molar-refractivity contribution is 6.30. The first kappa shape index (κ1) is 16.3. The zero-order chi connectivity index (χ0) is 15.0. The predicted molar refractivity (Wildman–Crippen MR) is 79.6 cm³/mol. The minimum atomic E-state index is -0.360. The number of nitrogens with two attached hydrogens (primary N) is 1. The Balaban J connectivity index is 2.26. The summed E-state index contributed by atoms with van der Waals surface area (Å²) in [5.74, 6) is -0.360. The molecule has 20 heavy (non-hydrogen) atoms. The van der Waals surface area contributed by atoms with E-state index in [0.29, 0.717) is 24.4 Å². The molecular formula is C14H20ClN3O2. The Labute approximate surface area is 123 Å². The van der Waals surface area contributed by atoms with Gasteiger partial charge in [-0.05, 0) is 37.5 Å². The Morgan fingerprint density at radius 3 is 2.80 bits per heavy atom. The molecule has 1 atom stereocenters. The molecule has 0 bridgehead atoms. The minimum Gasteiger partial charge on any atom is -0.370 e. The Kier molecular flexibility index (Phi) is 6.87. The van der Waals surface area contributed by atoms with Crippen LogP contribution in [-0.2, 0) is 11.2 Å². The molecule has 0 aliphatic carbocycles. The van der Waals surface area contributed by atoms with Crippen molar-refractivity contribution in [2.24, 2.45) is 5.73 Å². The van der Waals surface area contributed by atoms with Crippen molar-refractivity contribution in [3.8, 4) is 0 Å². The fraction of sp³-hybridized carbons (Fsp3) is 0.429. The Morgan fingerprint density at radius 2 is 2.15 bits per heavy atom. The molecule has 0 radical (unpaired) electrons. The third kappa shape index (κ3) is 6.99. The quantitative estimate of drug-likeness (QED) is 0.671. The molecule has 4 N–H and O–H groups in total. The lowest BCUT2D eigenvalue weighted by atomic mass is 10.1. The van der Waals surface area contributed by atoms with Crippen LogP contribution in [0.5, 0.6) is 0 Å². The molecule has 5 nitrogen and oxygen atoms in total. The van der Waals surface area contributed by atoms with E-state index >= 15 is 0 Å². The summed E-state index contributed by atoms with van der Waals surface area (Å²) in [6.45, 7) is 2.35. The molecule has 3 amide bonds. The maximum Gasteiger partial charge on any atom is 0.315 e. The average molecular weight is 298 g/mol. The van der Waals surface area contributed by atoms with Crippen LogP contribution in [0, 0.1) is 0 Å². The van der Waals surface area contributed by atoms with E-state index < -0.39 is 0 Å². The molecule has 0 saturated carbocycles. The van der Waals surface area contributed by atoms with E-state index in [4.69, 9.17) is 17.3 Å². The van der Waals surface area contributed by atoms with E-state index in [0.717, 1.165) is 5.56 Å². The van der Waals surface area contributed by atoms with Crippen LogP contribution in [0.25, 0.3) is 0 Å². The number of carbonyl (C=O) groups is 2. The summed E-state index contributed by atoms with van der Waals surface area (Å²) < 4.78 is 0. The lowest BCUT2D eigenvalue weighted by Crippen LogP contribution is -2.42. The van der Waals surface area contributed by atoms with Crippen molar-refractivity contribution in [1.29, 1.82) is 0 Å². The van der Waals surface area contributed by atoms with E-state index in [-0.39, 0.29) is 24.4 Å². The Morgan fingerprint density at radius 1 is 1.40 bits per heavy atom. The van der Waals surface area contributed by atoms with Gasteiger partial charge in [-0.1, -0.05) is 23.7 Å². The molecule has 0 saturated heterocycles. The number of primary amides is 1. The fourth-order valence-electron chi connectivity index (χ4n) is 1.81. The number of benzene rings is 1. The van der Waals surface area contributed by atoms with Gasteiger partial charge in [0, 0.05) is 24.0 Å². The van der Waals surface area contributed by atoms with E-state index in [1.807, 2.05) is 31.2 Å². The maximum absolute atomic E-state index is 11.6. The number of nitrogens with one attached hydrogen (secondary N) is 2. The molecule has 0 fully saturated rings. The number of hydrogen-bond acceptors (Lipinski definition) is 2. The zero-order valence-electron chi connectivity index (χ0n) is 11.5. The smallest absolute Gasteiger partial charge is 0.315 e. The van der Waals surface area contributed by atoms with Crippen molar-refractivity contribution < 1.29 is 9.59 Å². The summed E-state index contributed by atoms with van der Waals surface area (Å²) in [5.41, 5.74) is 6.08. The molecule has 0 aliphatic rings. The van der Waals surface area contributed by atoms with Gasteiger partial charge in [0.2, 0.25) is 5.91 Å². The van der Waals surface area contributed by atoms with Crippen molar-refractivity contribution in [3.63, 3.8) is 0 Å². The third-order valence-electron chi connectivity index (χ3n) is 2.69. The number of amides is 3. The highest BCUT2D eigenvalue weighted by atomic mass is 35.5. The molecule has 0 spiro atoms. The highest BCUT2D eigenvalue weighted by Crippen LogP contribution is 2.12. The van der Waals surface area contributed by atoms with Gasteiger partial charge in [-0.15, -0.1) is 0 Å². The lowest BCUT2D eigenvalue weighted by molar-refractivity contribution is -0.118. The van der Waals surface area contributed by atoms with Gasteiger partial charge < -0.3 is 16.4 Å². The molecule has 1 rings (SSSR count). The molecule has 0 aliphatic heterocycles. The number of halogens is 1. The second-order valence-corrected chi connectivity index (χ2v) is 5.14. The van der Waals surface area contributed by atoms with E-state index in [1.165, 1.54) is 0 Å². The van der Waals surface area contributed by atoms with Gasteiger partial charge in [0.1, 0.15) is 0 Å². The molecular weight excluding hydrogens is 278 g/mol. The largest absolute Gasteiger partial charge is 0.370 e. The number of carbonyl (C=O) groups excluding carboxylic acids is 2. The van der Waals surface area contributed by atoms with Crippen molar-refractivity contribution >= 4 is 23.5 Å². The van der Waals surface area contributed by atoms with Gasteiger partial charge in [0.25, 0.3) is 0 Å². The highest BCUT2D eigenvalue weighted by Gasteiger charge is 2.08. The average Bonchev–Trinajstić information content (AvgIpc) is 2.34. The van der Waals surface area contributed by atoms with Crippen molar-refractivity contribution in [3.05, 3.63) is 34.9 Å². The van der Waals surface area contributed by atoms with Gasteiger partial charge in [0.05, 0.1) is 0 Å². The van der Waals surface area contributed by atoms with Gasteiger partial charge in [-0.3, -0.25) is 4.79 Å². The van der Waals surface area contributed by atoms with Crippen LogP contribution in [0.15, 0.2) is 24.3 Å². The van der Waals surface area contributed by atoms with Crippen LogP contribution in [0.4, 0.5) is 4.79 Å². The molecule has 1 aromatic rings. The number of urea groups is 1. The first-order chi connectivity index (χ1) is 9.47. The van der Waals surface area contributed by atoms with Gasteiger partial charge in [-0.25, -0.2) is 4.79 Å². The van der Waals surface area contributed by atoms with E-state index in [2.05, 4.69) is 10.6 Å². The van der Waals surface area contributed by atoms with E-state index in [9.17, 15) is 9.59 Å². The maximum atomic E-state index is 11.6. The van der Waals surface area contributed by atoms with Crippen LogP contribution in [0.2, 0.25) is 5.02 Å². The monoisotopic (exact) mass is 297 g/mol. The number of hydrogen-bond donors (Lipinski definition) is 3. The molecule has 1 aromatic carbocycles. The molecule has 6 heteroatoms. The minimum absolute atomic E-state index is 0.00962. The summed E-state index contributed by atoms with van der Waals surface area (Å²) in [6.07, 6.45) is 1.53. The zero-order valence-corrected chi connectivity index (χ0v) is 12.2. The van der Waals surface area contributed by atoms with Crippen LogP contribution < -0.4 is 16.4 Å². The molecule has 110 valence electrons. The number of rotatable bonds is 7. The van der Waals surface area contributed by atoms with Gasteiger partial charge in [0.15, 0.2) is 0 Å². The topological polar surface area (TPSA) is 84.2 Å². The van der Waals surface area contributed by atoms with Crippen LogP contribution >= 0.6 is 11.6 Å². The van der Waals surface area contributed by atoms with Gasteiger partial charge in [-0.2, -0.15) is 0 Å². The van der Waals surface area contributed by atoms with Crippen LogP contribution in [0.3, 0.4) is 0 Å². The normalized spacial score (nSPS) is 11.7. The Hall–Kier alpha value is -1.75. The van der Waals surface area contributed by atoms with Crippen molar-refractivity contribution in [2.75, 3.05) is 6.54 Å². The molecule has 0 heterocycles. The lowest BCUT2D eigenvalue weighted by Gasteiger charge is -2.14. The second kappa shape index (κ2) is 8.43. The SMILES string of the molecule is C[C@H](Cc1cccc(Cl)c1)NC(=O)NCCCC(N)=O. The van der Waals surface area contributed by atoms with Crippen LogP contribution in [-0.4, -0.2) is 24.5 Å². The van der Waals surface area contributed by atoms with Gasteiger partial charge >= 0.3 is 6.03 Å². The standard InChI is InChI=1S/C14H20ClN3O2/c1-10(8-11-4-2-5-12(15)9-11)18-14(20)17-7-3-6-13(16)19/h2,4-5,9-10H,3,6-8H2,1H3,(H2,16,19)(H2,17,18,20)/t10-/m1/s1. The summed E-state index contributed by atoms with van der Waals surface area (Å²) in [6, 6.07) is 7.29. The first-order valence-corrected chi connectivity index (χ1v) is 6.92. The summed E-state index contributed by atoms with van der Waals surface area (Å²) in [7, 11) is 0. The predicted octanol–water partition coefficient (Wildman–Crippen LogP) is 1.84. The van der Waals surface area contributed by atoms with Crippen molar-refractivity contribution in [2.45, 2.75) is 32.2 Å². The summed E-state index contributed by atoms with van der Waals surface area (Å²) >= 11 is 5.91. The molecule has 0 unspecified atom stereocenters. The van der Waals surface area contributed by atoms with Crippen LogP contribution in [0.1, 0.15) is 25.3 Å². The summed E-state index contributed by atoms with van der Waals surface area (Å²) in [5, 5.41) is 6.19. The van der Waals surface area contributed by atoms with E-state index in [1.54, 1.807) is 0 Å².